The van der Waals surface area contributed by atoms with E-state index in [0.29, 0.717) is 18.4 Å². The average Bonchev–Trinajstić information content (AvgIpc) is 2.38. The molecule has 0 aromatic heterocycles. The molecule has 4 heteroatoms. The van der Waals surface area contributed by atoms with Gasteiger partial charge in [0.1, 0.15) is 0 Å². The summed E-state index contributed by atoms with van der Waals surface area (Å²) < 4.78 is 1.08. The van der Waals surface area contributed by atoms with Crippen molar-refractivity contribution < 1.29 is 9.90 Å². The molecule has 1 aliphatic heterocycles. The molecular formula is C15H20BrNO2. The third kappa shape index (κ3) is 3.30. The Balaban J connectivity index is 2.14. The molecule has 2 rings (SSSR count). The number of hydrogen-bond donors (Lipinski definition) is 1. The number of nitrogens with zero attached hydrogens (tertiary/aromatic N) is 1. The molecule has 1 amide bonds. The highest BCUT2D eigenvalue weighted by Gasteiger charge is 2.33. The summed E-state index contributed by atoms with van der Waals surface area (Å²) in [7, 11) is 0. The van der Waals surface area contributed by atoms with E-state index in [1.807, 2.05) is 0 Å². The molecule has 19 heavy (non-hydrogen) atoms. The third-order valence-electron chi connectivity index (χ3n) is 4.00. The summed E-state index contributed by atoms with van der Waals surface area (Å²) in [6, 6.07) is 8.53. The Kier molecular flexibility index (Phi) is 4.50. The minimum Gasteiger partial charge on any atom is -0.465 e. The van der Waals surface area contributed by atoms with Gasteiger partial charge >= 0.3 is 6.09 Å². The summed E-state index contributed by atoms with van der Waals surface area (Å²) in [5.41, 5.74) is 1.32. The van der Waals surface area contributed by atoms with Gasteiger partial charge in [0.05, 0.1) is 0 Å². The van der Waals surface area contributed by atoms with Gasteiger partial charge < -0.3 is 10.0 Å². The van der Waals surface area contributed by atoms with Gasteiger partial charge in [0.15, 0.2) is 0 Å². The van der Waals surface area contributed by atoms with Crippen LogP contribution in [0.5, 0.6) is 0 Å². The molecule has 2 atom stereocenters. The number of likely N-dealkylation sites (tertiary alicyclic amines) is 1. The molecule has 2 unspecified atom stereocenters. The standard InChI is InChI=1S/C15H20BrNO2/c1-10(2)14-9-12(7-8-17(14)15(18)19)11-3-5-13(16)6-4-11/h3-6,10,12,14H,7-9H2,1-2H3,(H,18,19). The zero-order chi connectivity index (χ0) is 14.0. The lowest BCUT2D eigenvalue weighted by Crippen LogP contribution is -2.47. The van der Waals surface area contributed by atoms with Crippen LogP contribution >= 0.6 is 15.9 Å². The van der Waals surface area contributed by atoms with E-state index >= 15 is 0 Å². The van der Waals surface area contributed by atoms with Crippen molar-refractivity contribution in [2.75, 3.05) is 6.54 Å². The van der Waals surface area contributed by atoms with Crippen LogP contribution in [0.1, 0.15) is 38.2 Å². The highest BCUT2D eigenvalue weighted by atomic mass is 79.9. The maximum Gasteiger partial charge on any atom is 0.407 e. The minimum absolute atomic E-state index is 0.125. The van der Waals surface area contributed by atoms with Gasteiger partial charge in [-0.2, -0.15) is 0 Å². The van der Waals surface area contributed by atoms with Crippen molar-refractivity contribution in [1.82, 2.24) is 4.90 Å². The molecule has 0 saturated carbocycles. The molecule has 1 aromatic rings. The lowest BCUT2D eigenvalue weighted by Gasteiger charge is -2.40. The Hall–Kier alpha value is -1.03. The molecule has 1 fully saturated rings. The number of piperidine rings is 1. The first-order valence-corrected chi connectivity index (χ1v) is 7.53. The summed E-state index contributed by atoms with van der Waals surface area (Å²) in [5, 5.41) is 9.27. The van der Waals surface area contributed by atoms with E-state index in [2.05, 4.69) is 54.0 Å². The molecular weight excluding hydrogens is 306 g/mol. The molecule has 0 aliphatic carbocycles. The third-order valence-corrected chi connectivity index (χ3v) is 4.53. The molecule has 104 valence electrons. The number of amides is 1. The first kappa shape index (κ1) is 14.4. The monoisotopic (exact) mass is 325 g/mol. The van der Waals surface area contributed by atoms with Gasteiger partial charge in [0, 0.05) is 17.1 Å². The number of carboxylic acid groups (broad SMARTS) is 1. The van der Waals surface area contributed by atoms with E-state index in [9.17, 15) is 9.90 Å². The van der Waals surface area contributed by atoms with Gasteiger partial charge in [-0.05, 0) is 42.4 Å². The molecule has 1 N–H and O–H groups in total. The van der Waals surface area contributed by atoms with Crippen LogP contribution in [0.2, 0.25) is 0 Å². The lowest BCUT2D eigenvalue weighted by molar-refractivity contribution is 0.0828. The number of benzene rings is 1. The van der Waals surface area contributed by atoms with E-state index in [0.717, 1.165) is 17.3 Å². The summed E-state index contributed by atoms with van der Waals surface area (Å²) in [6.45, 7) is 4.84. The zero-order valence-corrected chi connectivity index (χ0v) is 12.9. The largest absolute Gasteiger partial charge is 0.465 e. The first-order chi connectivity index (χ1) is 8.99. The van der Waals surface area contributed by atoms with Crippen molar-refractivity contribution in [2.24, 2.45) is 5.92 Å². The van der Waals surface area contributed by atoms with Crippen LogP contribution in [0.4, 0.5) is 4.79 Å². The summed E-state index contributed by atoms with van der Waals surface area (Å²) in [6.07, 6.45) is 1.05. The fourth-order valence-corrected chi connectivity index (χ4v) is 3.17. The van der Waals surface area contributed by atoms with Crippen LogP contribution in [0.25, 0.3) is 0 Å². The number of carbonyl (C=O) groups is 1. The first-order valence-electron chi connectivity index (χ1n) is 6.74. The van der Waals surface area contributed by atoms with E-state index < -0.39 is 6.09 Å². The van der Waals surface area contributed by atoms with Crippen LogP contribution in [-0.4, -0.2) is 28.7 Å². The number of halogens is 1. The smallest absolute Gasteiger partial charge is 0.407 e. The maximum atomic E-state index is 11.3. The molecule has 0 bridgehead atoms. The van der Waals surface area contributed by atoms with Crippen LogP contribution in [0.3, 0.4) is 0 Å². The number of rotatable bonds is 2. The van der Waals surface area contributed by atoms with Gasteiger partial charge in [0.25, 0.3) is 0 Å². The summed E-state index contributed by atoms with van der Waals surface area (Å²) in [4.78, 5) is 12.9. The van der Waals surface area contributed by atoms with Crippen LogP contribution < -0.4 is 0 Å². The molecule has 0 spiro atoms. The van der Waals surface area contributed by atoms with Crippen LogP contribution in [0.15, 0.2) is 28.7 Å². The molecule has 1 aliphatic rings. The summed E-state index contributed by atoms with van der Waals surface area (Å²) >= 11 is 3.45. The van der Waals surface area contributed by atoms with E-state index in [1.54, 1.807) is 4.90 Å². The van der Waals surface area contributed by atoms with Crippen LogP contribution in [-0.2, 0) is 0 Å². The molecule has 0 radical (unpaired) electrons. The normalized spacial score (nSPS) is 23.7. The Morgan fingerprint density at radius 2 is 2.00 bits per heavy atom. The predicted molar refractivity (Wildman–Crippen MR) is 79.5 cm³/mol. The molecule has 1 saturated heterocycles. The molecule has 1 heterocycles. The fraction of sp³-hybridized carbons (Fsp3) is 0.533. The van der Waals surface area contributed by atoms with Gasteiger partial charge in [-0.1, -0.05) is 41.9 Å². The molecule has 3 nitrogen and oxygen atoms in total. The van der Waals surface area contributed by atoms with E-state index in [1.165, 1.54) is 5.56 Å². The SMILES string of the molecule is CC(C)C1CC(c2ccc(Br)cc2)CCN1C(=O)O. The lowest BCUT2D eigenvalue weighted by atomic mass is 9.82. The highest BCUT2D eigenvalue weighted by molar-refractivity contribution is 9.10. The van der Waals surface area contributed by atoms with Crippen molar-refractivity contribution in [3.05, 3.63) is 34.3 Å². The van der Waals surface area contributed by atoms with E-state index in [4.69, 9.17) is 0 Å². The Labute approximate surface area is 122 Å². The van der Waals surface area contributed by atoms with Crippen LogP contribution in [0, 0.1) is 5.92 Å². The van der Waals surface area contributed by atoms with Crippen molar-refractivity contribution in [3.8, 4) is 0 Å². The Morgan fingerprint density at radius 1 is 1.37 bits per heavy atom. The second-order valence-corrected chi connectivity index (χ2v) is 6.48. The quantitative estimate of drug-likeness (QED) is 0.879. The van der Waals surface area contributed by atoms with Crippen molar-refractivity contribution in [1.29, 1.82) is 0 Å². The second kappa shape index (κ2) is 5.95. The predicted octanol–water partition coefficient (Wildman–Crippen LogP) is 4.33. The fourth-order valence-electron chi connectivity index (χ4n) is 2.90. The van der Waals surface area contributed by atoms with Gasteiger partial charge in [-0.3, -0.25) is 0 Å². The minimum atomic E-state index is -0.784. The highest BCUT2D eigenvalue weighted by Crippen LogP contribution is 2.34. The van der Waals surface area contributed by atoms with Crippen molar-refractivity contribution in [3.63, 3.8) is 0 Å². The maximum absolute atomic E-state index is 11.3. The van der Waals surface area contributed by atoms with Gasteiger partial charge in [0.2, 0.25) is 0 Å². The molecule has 1 aromatic carbocycles. The van der Waals surface area contributed by atoms with Crippen molar-refractivity contribution in [2.45, 2.75) is 38.6 Å². The van der Waals surface area contributed by atoms with E-state index in [-0.39, 0.29) is 6.04 Å². The van der Waals surface area contributed by atoms with Crippen molar-refractivity contribution >= 4 is 22.0 Å². The number of hydrogen-bond acceptors (Lipinski definition) is 1. The Morgan fingerprint density at radius 3 is 2.53 bits per heavy atom. The van der Waals surface area contributed by atoms with Gasteiger partial charge in [-0.25, -0.2) is 4.79 Å². The summed E-state index contributed by atoms with van der Waals surface area (Å²) in [5.74, 6) is 0.824. The second-order valence-electron chi connectivity index (χ2n) is 5.56. The average molecular weight is 326 g/mol. The van der Waals surface area contributed by atoms with Gasteiger partial charge in [-0.15, -0.1) is 0 Å². The topological polar surface area (TPSA) is 40.5 Å². The zero-order valence-electron chi connectivity index (χ0n) is 11.3. The Bertz CT molecular complexity index is 444.